The Kier molecular flexibility index (Phi) is 6.28. The third kappa shape index (κ3) is 4.04. The number of aryl methyl sites for hydroxylation is 2. The number of hydrogen-bond acceptors (Lipinski definition) is 6. The lowest BCUT2D eigenvalue weighted by Crippen LogP contribution is -2.29. The molecule has 1 atom stereocenters. The number of nitrogens with zero attached hydrogens (tertiary/aromatic N) is 2. The van der Waals surface area contributed by atoms with Crippen molar-refractivity contribution in [2.45, 2.75) is 26.3 Å². The Morgan fingerprint density at radius 3 is 2.67 bits per heavy atom. The first-order valence-electron chi connectivity index (χ1n) is 11.4. The number of carbonyl (C=O) groups is 2. The Hall–Kier alpha value is -3.68. The number of ketones is 1. The van der Waals surface area contributed by atoms with Gasteiger partial charge >= 0.3 is 5.91 Å². The Morgan fingerprint density at radius 1 is 1.14 bits per heavy atom. The number of benzene rings is 3. The number of ether oxygens (including phenoxy) is 1. The lowest BCUT2D eigenvalue weighted by molar-refractivity contribution is -0.132. The van der Waals surface area contributed by atoms with Crippen molar-refractivity contribution >= 4 is 55.7 Å². The van der Waals surface area contributed by atoms with Crippen LogP contribution >= 0.6 is 22.9 Å². The van der Waals surface area contributed by atoms with Gasteiger partial charge < -0.3 is 9.84 Å². The van der Waals surface area contributed by atoms with Gasteiger partial charge in [0.05, 0.1) is 34.0 Å². The van der Waals surface area contributed by atoms with Gasteiger partial charge in [0.15, 0.2) is 5.13 Å². The van der Waals surface area contributed by atoms with Gasteiger partial charge in [-0.3, -0.25) is 14.5 Å². The van der Waals surface area contributed by atoms with Crippen LogP contribution in [0.5, 0.6) is 5.75 Å². The molecular formula is C28H23ClN2O4S. The minimum Gasteiger partial charge on any atom is -0.507 e. The maximum Gasteiger partial charge on any atom is 0.301 e. The molecule has 1 aliphatic rings. The molecule has 0 spiro atoms. The average Bonchev–Trinajstić information content (AvgIpc) is 3.41. The summed E-state index contributed by atoms with van der Waals surface area (Å²) in [5, 5.41) is 12.1. The highest BCUT2D eigenvalue weighted by Gasteiger charge is 2.48. The van der Waals surface area contributed by atoms with Gasteiger partial charge in [-0.25, -0.2) is 4.98 Å². The summed E-state index contributed by atoms with van der Waals surface area (Å²) in [6.45, 7) is 4.01. The van der Waals surface area contributed by atoms with Crippen LogP contribution in [-0.2, 0) is 16.0 Å². The van der Waals surface area contributed by atoms with Crippen LogP contribution < -0.4 is 9.64 Å². The van der Waals surface area contributed by atoms with E-state index in [-0.39, 0.29) is 11.3 Å². The van der Waals surface area contributed by atoms with Crippen molar-refractivity contribution < 1.29 is 19.4 Å². The lowest BCUT2D eigenvalue weighted by atomic mass is 9.94. The van der Waals surface area contributed by atoms with E-state index in [2.05, 4.69) is 18.0 Å². The van der Waals surface area contributed by atoms with Gasteiger partial charge in [-0.15, -0.1) is 0 Å². The number of halogens is 1. The number of methoxy groups -OCH3 is 1. The van der Waals surface area contributed by atoms with Crippen molar-refractivity contribution in [3.05, 3.63) is 93.5 Å². The Morgan fingerprint density at radius 2 is 1.94 bits per heavy atom. The van der Waals surface area contributed by atoms with E-state index in [4.69, 9.17) is 16.3 Å². The third-order valence-corrected chi connectivity index (χ3v) is 7.61. The molecule has 0 saturated carbocycles. The Labute approximate surface area is 217 Å². The zero-order valence-electron chi connectivity index (χ0n) is 19.9. The smallest absolute Gasteiger partial charge is 0.301 e. The second kappa shape index (κ2) is 9.41. The van der Waals surface area contributed by atoms with Gasteiger partial charge in [-0.05, 0) is 54.8 Å². The monoisotopic (exact) mass is 518 g/mol. The van der Waals surface area contributed by atoms with Crippen LogP contribution in [0.2, 0.25) is 5.02 Å². The SMILES string of the molecule is CCc1ccc2nc(N3C(=O)C(=O)/C(=C(/O)c4ccc(Cl)c(OC)c4)C3c3cccc(C)c3)sc2c1. The van der Waals surface area contributed by atoms with Gasteiger partial charge in [0.1, 0.15) is 11.5 Å². The quantitative estimate of drug-likeness (QED) is 0.186. The van der Waals surface area contributed by atoms with E-state index >= 15 is 0 Å². The van der Waals surface area contributed by atoms with E-state index in [1.54, 1.807) is 18.2 Å². The van der Waals surface area contributed by atoms with Crippen LogP contribution in [0, 0.1) is 6.92 Å². The molecule has 2 heterocycles. The summed E-state index contributed by atoms with van der Waals surface area (Å²) in [4.78, 5) is 33.0. The van der Waals surface area contributed by atoms with Crippen LogP contribution in [0.1, 0.15) is 35.2 Å². The number of aromatic nitrogens is 1. The van der Waals surface area contributed by atoms with Crippen LogP contribution in [-0.4, -0.2) is 28.9 Å². The maximum absolute atomic E-state index is 13.4. The van der Waals surface area contributed by atoms with Crippen LogP contribution in [0.15, 0.2) is 66.2 Å². The summed E-state index contributed by atoms with van der Waals surface area (Å²) in [5.41, 5.74) is 3.88. The Bertz CT molecular complexity index is 1560. The van der Waals surface area contributed by atoms with Crippen LogP contribution in [0.25, 0.3) is 16.0 Å². The second-order valence-electron chi connectivity index (χ2n) is 8.58. The van der Waals surface area contributed by atoms with E-state index in [0.717, 1.165) is 27.8 Å². The fraction of sp³-hybridized carbons (Fsp3) is 0.179. The molecule has 5 rings (SSSR count). The molecule has 3 aromatic carbocycles. The number of fused-ring (bicyclic) bond motifs is 1. The second-order valence-corrected chi connectivity index (χ2v) is 10.0. The highest BCUT2D eigenvalue weighted by molar-refractivity contribution is 7.22. The highest BCUT2D eigenvalue weighted by atomic mass is 35.5. The largest absolute Gasteiger partial charge is 0.507 e. The predicted molar refractivity (Wildman–Crippen MR) is 143 cm³/mol. The molecule has 1 unspecified atom stereocenters. The zero-order valence-corrected chi connectivity index (χ0v) is 21.5. The van der Waals surface area contributed by atoms with Gasteiger partial charge in [-0.1, -0.05) is 65.8 Å². The molecule has 0 aliphatic carbocycles. The highest BCUT2D eigenvalue weighted by Crippen LogP contribution is 2.45. The van der Waals surface area contributed by atoms with Crippen molar-refractivity contribution in [2.75, 3.05) is 12.0 Å². The molecule has 0 bridgehead atoms. The molecule has 6 nitrogen and oxygen atoms in total. The summed E-state index contributed by atoms with van der Waals surface area (Å²) in [6.07, 6.45) is 0.877. The molecule has 1 N–H and O–H groups in total. The van der Waals surface area contributed by atoms with Crippen molar-refractivity contribution in [3.8, 4) is 5.75 Å². The van der Waals surface area contributed by atoms with E-state index < -0.39 is 17.7 Å². The summed E-state index contributed by atoms with van der Waals surface area (Å²) in [7, 11) is 1.47. The van der Waals surface area contributed by atoms with Crippen molar-refractivity contribution in [2.24, 2.45) is 0 Å². The predicted octanol–water partition coefficient (Wildman–Crippen LogP) is 6.46. The number of rotatable bonds is 5. The molecule has 1 amide bonds. The van der Waals surface area contributed by atoms with Crippen LogP contribution in [0.4, 0.5) is 5.13 Å². The van der Waals surface area contributed by atoms with Gasteiger partial charge in [0, 0.05) is 5.56 Å². The summed E-state index contributed by atoms with van der Waals surface area (Å²) in [6, 6.07) is 17.4. The number of Topliss-reactive ketones (excluding diaryl/α,β-unsaturated/α-hetero) is 1. The average molecular weight is 519 g/mol. The van der Waals surface area contributed by atoms with Gasteiger partial charge in [0.25, 0.3) is 5.78 Å². The minimum atomic E-state index is -0.849. The Balaban J connectivity index is 1.73. The topological polar surface area (TPSA) is 79.7 Å². The molecule has 36 heavy (non-hydrogen) atoms. The first-order valence-corrected chi connectivity index (χ1v) is 12.6. The van der Waals surface area contributed by atoms with Crippen LogP contribution in [0.3, 0.4) is 0 Å². The molecule has 1 aromatic heterocycles. The molecular weight excluding hydrogens is 496 g/mol. The molecule has 1 fully saturated rings. The van der Waals surface area contributed by atoms with E-state index in [0.29, 0.717) is 27.0 Å². The fourth-order valence-corrected chi connectivity index (χ4v) is 5.68. The fourth-order valence-electron chi connectivity index (χ4n) is 4.43. The number of anilines is 1. The number of carbonyl (C=O) groups excluding carboxylic acids is 2. The first-order chi connectivity index (χ1) is 17.3. The summed E-state index contributed by atoms with van der Waals surface area (Å²) < 4.78 is 6.21. The normalized spacial score (nSPS) is 17.2. The molecule has 1 saturated heterocycles. The van der Waals surface area contributed by atoms with Crippen molar-refractivity contribution in [1.82, 2.24) is 4.98 Å². The number of aliphatic hydroxyl groups is 1. The molecule has 1 aliphatic heterocycles. The van der Waals surface area contributed by atoms with E-state index in [9.17, 15) is 14.7 Å². The minimum absolute atomic E-state index is 0.0107. The number of aliphatic hydroxyl groups excluding tert-OH is 1. The third-order valence-electron chi connectivity index (χ3n) is 6.28. The maximum atomic E-state index is 13.4. The number of thiazole rings is 1. The molecule has 8 heteroatoms. The van der Waals surface area contributed by atoms with E-state index in [1.807, 2.05) is 43.3 Å². The van der Waals surface area contributed by atoms with Gasteiger partial charge in [0.2, 0.25) is 0 Å². The molecule has 4 aromatic rings. The van der Waals surface area contributed by atoms with Crippen molar-refractivity contribution in [1.29, 1.82) is 0 Å². The molecule has 0 radical (unpaired) electrons. The van der Waals surface area contributed by atoms with Crippen molar-refractivity contribution in [3.63, 3.8) is 0 Å². The summed E-state index contributed by atoms with van der Waals surface area (Å²) in [5.74, 6) is -1.47. The number of hydrogen-bond donors (Lipinski definition) is 1. The lowest BCUT2D eigenvalue weighted by Gasteiger charge is -2.23. The standard InChI is InChI=1S/C28H23ClN2O4S/c1-4-16-8-11-20-22(13-16)36-28(30-20)31-24(17-7-5-6-15(2)12-17)23(26(33)27(31)34)25(32)18-9-10-19(29)21(14-18)35-3/h5-14,24,32H,4H2,1-3H3/b25-23+. The zero-order chi connectivity index (χ0) is 25.6. The first kappa shape index (κ1) is 24.0. The number of amides is 1. The summed E-state index contributed by atoms with van der Waals surface area (Å²) >= 11 is 7.51. The molecule has 182 valence electrons. The van der Waals surface area contributed by atoms with E-state index in [1.165, 1.54) is 23.3 Å². The van der Waals surface area contributed by atoms with Gasteiger partial charge in [-0.2, -0.15) is 0 Å².